The number of halogens is 1. The van der Waals surface area contributed by atoms with E-state index in [1.165, 1.54) is 4.68 Å². The van der Waals surface area contributed by atoms with E-state index in [1.807, 2.05) is 73.0 Å². The molecule has 0 saturated carbocycles. The van der Waals surface area contributed by atoms with Crippen LogP contribution in [0.5, 0.6) is 5.75 Å². The molecule has 0 aliphatic carbocycles. The Morgan fingerprint density at radius 2 is 1.85 bits per heavy atom. The van der Waals surface area contributed by atoms with E-state index in [-0.39, 0.29) is 35.6 Å². The van der Waals surface area contributed by atoms with Crippen molar-refractivity contribution in [3.8, 4) is 17.0 Å². The maximum atomic E-state index is 15.3. The summed E-state index contributed by atoms with van der Waals surface area (Å²) >= 11 is 0. The number of nitrogens with zero attached hydrogens (tertiary/aromatic N) is 6. The van der Waals surface area contributed by atoms with Gasteiger partial charge in [-0.2, -0.15) is 10.2 Å². The van der Waals surface area contributed by atoms with E-state index in [2.05, 4.69) is 25.4 Å². The number of likely N-dealkylation sites (N-methyl/N-ethyl adjacent to an activating group) is 1. The predicted molar refractivity (Wildman–Crippen MR) is 180 cm³/mol. The van der Waals surface area contributed by atoms with Crippen LogP contribution in [-0.4, -0.2) is 57.2 Å². The lowest BCUT2D eigenvalue weighted by molar-refractivity contribution is 0.0771. The van der Waals surface area contributed by atoms with Crippen molar-refractivity contribution < 1.29 is 14.2 Å². The van der Waals surface area contributed by atoms with E-state index in [9.17, 15) is 9.90 Å². The number of hydrogen-bond donors (Lipinski definition) is 2. The quantitative estimate of drug-likeness (QED) is 0.248. The number of aliphatic hydroxyl groups is 1. The largest absolute Gasteiger partial charge is 0.485 e. The van der Waals surface area contributed by atoms with Crippen LogP contribution in [-0.2, 0) is 25.6 Å². The molecule has 0 fully saturated rings. The van der Waals surface area contributed by atoms with E-state index in [0.29, 0.717) is 39.6 Å². The van der Waals surface area contributed by atoms with Crippen molar-refractivity contribution in [2.75, 3.05) is 31.0 Å². The first kappa shape index (κ1) is 32.8. The molecule has 5 rings (SSSR count). The summed E-state index contributed by atoms with van der Waals surface area (Å²) in [5, 5.41) is 24.5. The average molecular weight is 628 g/mol. The fraction of sp³-hybridized carbons (Fsp3) is 0.371. The number of aryl methyl sites for hydroxylation is 1. The lowest BCUT2D eigenvalue weighted by atomic mass is 9.85. The molecule has 0 bridgehead atoms. The minimum Gasteiger partial charge on any atom is -0.485 e. The molecule has 1 aliphatic heterocycles. The van der Waals surface area contributed by atoms with E-state index in [0.717, 1.165) is 17.7 Å². The number of aromatic nitrogens is 3. The Balaban J connectivity index is 1.43. The number of ether oxygens (including phenoxy) is 1. The SMILES string of the molecule is CN(C)CC(C)(C)Oc1ccc(Nc2cc(-c3cccc(N4Cc5c(F)cc(C(C)(C)C)cc5C=N4)c3CO)nn(C)c2=O)nc1. The molecule has 2 aromatic heterocycles. The number of fused-ring (bicyclic) bond motifs is 1. The van der Waals surface area contributed by atoms with Crippen LogP contribution in [0.1, 0.15) is 56.9 Å². The van der Waals surface area contributed by atoms with Gasteiger partial charge in [-0.1, -0.05) is 32.9 Å². The third-order valence-electron chi connectivity index (χ3n) is 7.76. The number of pyridine rings is 1. The summed E-state index contributed by atoms with van der Waals surface area (Å²) in [4.78, 5) is 19.6. The highest BCUT2D eigenvalue weighted by molar-refractivity contribution is 5.85. The molecule has 3 heterocycles. The molecule has 0 amide bonds. The summed E-state index contributed by atoms with van der Waals surface area (Å²) in [6.45, 7) is 10.8. The maximum Gasteiger partial charge on any atom is 0.290 e. The number of hydrogen-bond acceptors (Lipinski definition) is 9. The molecular weight excluding hydrogens is 585 g/mol. The molecule has 2 aromatic carbocycles. The fourth-order valence-corrected chi connectivity index (χ4v) is 5.66. The van der Waals surface area contributed by atoms with Gasteiger partial charge in [0, 0.05) is 35.8 Å². The Kier molecular flexibility index (Phi) is 9.01. The first-order chi connectivity index (χ1) is 21.6. The van der Waals surface area contributed by atoms with Crippen molar-refractivity contribution in [3.05, 3.63) is 93.2 Å². The molecule has 10 nitrogen and oxygen atoms in total. The van der Waals surface area contributed by atoms with Crippen molar-refractivity contribution >= 4 is 23.4 Å². The van der Waals surface area contributed by atoms with E-state index in [4.69, 9.17) is 4.74 Å². The number of aliphatic hydroxyl groups excluding tert-OH is 1. The Morgan fingerprint density at radius 1 is 1.09 bits per heavy atom. The molecule has 0 saturated heterocycles. The van der Waals surface area contributed by atoms with Crippen LogP contribution in [0.15, 0.2) is 64.6 Å². The maximum absolute atomic E-state index is 15.3. The molecule has 242 valence electrons. The minimum absolute atomic E-state index is 0.198. The molecule has 0 spiro atoms. The van der Waals surface area contributed by atoms with Crippen LogP contribution in [0.2, 0.25) is 0 Å². The predicted octanol–water partition coefficient (Wildman–Crippen LogP) is 5.59. The second-order valence-corrected chi connectivity index (χ2v) is 13.5. The normalized spacial score (nSPS) is 13.2. The van der Waals surface area contributed by atoms with Gasteiger partial charge in [-0.15, -0.1) is 0 Å². The van der Waals surface area contributed by atoms with Crippen LogP contribution < -0.4 is 20.6 Å². The molecule has 4 aromatic rings. The lowest BCUT2D eigenvalue weighted by Gasteiger charge is -2.29. The molecule has 1 aliphatic rings. The first-order valence-corrected chi connectivity index (χ1v) is 15.2. The Hall–Kier alpha value is -4.61. The average Bonchev–Trinajstić information content (AvgIpc) is 2.98. The standard InChI is InChI=1S/C35H42FN7O3/c1-34(2,3)23-14-22-17-38-43(19-26(22)28(36)15-23)31-11-9-10-25(27(31)20-44)29-16-30(33(45)42(8)40-29)39-32-13-12-24(18-37-32)46-35(4,5)21-41(6)7/h9-18,44H,19-21H2,1-8H3,(H,37,39). The second kappa shape index (κ2) is 12.6. The van der Waals surface area contributed by atoms with Gasteiger partial charge in [0.2, 0.25) is 0 Å². The van der Waals surface area contributed by atoms with E-state index in [1.54, 1.807) is 48.7 Å². The van der Waals surface area contributed by atoms with Gasteiger partial charge in [0.15, 0.2) is 0 Å². The monoisotopic (exact) mass is 627 g/mol. The number of rotatable bonds is 9. The summed E-state index contributed by atoms with van der Waals surface area (Å²) in [7, 11) is 5.55. The third-order valence-corrected chi connectivity index (χ3v) is 7.76. The third kappa shape index (κ3) is 7.11. The number of anilines is 3. The van der Waals surface area contributed by atoms with Crippen LogP contribution in [0.4, 0.5) is 21.6 Å². The zero-order valence-electron chi connectivity index (χ0n) is 27.7. The number of benzene rings is 2. The van der Waals surface area contributed by atoms with Crippen LogP contribution in [0.3, 0.4) is 0 Å². The second-order valence-electron chi connectivity index (χ2n) is 13.5. The molecule has 0 unspecified atom stereocenters. The molecular formula is C35H42FN7O3. The molecule has 0 radical (unpaired) electrons. The summed E-state index contributed by atoms with van der Waals surface area (Å²) in [5.74, 6) is 0.782. The molecule has 2 N–H and O–H groups in total. The summed E-state index contributed by atoms with van der Waals surface area (Å²) in [5.41, 5.74) is 3.71. The summed E-state index contributed by atoms with van der Waals surface area (Å²) in [6, 6.07) is 14.2. The summed E-state index contributed by atoms with van der Waals surface area (Å²) in [6.07, 6.45) is 3.27. The van der Waals surface area contributed by atoms with Crippen LogP contribution in [0.25, 0.3) is 11.3 Å². The van der Waals surface area contributed by atoms with Gasteiger partial charge >= 0.3 is 0 Å². The van der Waals surface area contributed by atoms with E-state index >= 15 is 4.39 Å². The van der Waals surface area contributed by atoms with E-state index < -0.39 is 5.60 Å². The van der Waals surface area contributed by atoms with Gasteiger partial charge in [0.1, 0.15) is 28.7 Å². The first-order valence-electron chi connectivity index (χ1n) is 15.2. The minimum atomic E-state index is -0.415. The van der Waals surface area contributed by atoms with Gasteiger partial charge in [-0.25, -0.2) is 14.1 Å². The van der Waals surface area contributed by atoms with Crippen molar-refractivity contribution in [1.82, 2.24) is 19.7 Å². The Labute approximate surface area is 269 Å². The highest BCUT2D eigenvalue weighted by Gasteiger charge is 2.25. The zero-order valence-corrected chi connectivity index (χ0v) is 27.7. The molecule has 46 heavy (non-hydrogen) atoms. The number of hydrazone groups is 1. The molecule has 0 atom stereocenters. The highest BCUT2D eigenvalue weighted by atomic mass is 19.1. The smallest absolute Gasteiger partial charge is 0.290 e. The lowest BCUT2D eigenvalue weighted by Crippen LogP contribution is -2.39. The Bertz CT molecular complexity index is 1830. The summed E-state index contributed by atoms with van der Waals surface area (Å²) < 4.78 is 22.7. The van der Waals surface area contributed by atoms with Crippen LogP contribution >= 0.6 is 0 Å². The van der Waals surface area contributed by atoms with Gasteiger partial charge < -0.3 is 20.1 Å². The van der Waals surface area contributed by atoms with Gasteiger partial charge in [-0.3, -0.25) is 9.80 Å². The van der Waals surface area contributed by atoms with Gasteiger partial charge in [0.25, 0.3) is 5.56 Å². The zero-order chi connectivity index (χ0) is 33.4. The van der Waals surface area contributed by atoms with Crippen molar-refractivity contribution in [2.45, 2.75) is 58.8 Å². The van der Waals surface area contributed by atoms with Crippen LogP contribution in [0, 0.1) is 5.82 Å². The molecule has 11 heteroatoms. The van der Waals surface area contributed by atoms with Gasteiger partial charge in [-0.05, 0) is 75.3 Å². The van der Waals surface area contributed by atoms with Crippen molar-refractivity contribution in [3.63, 3.8) is 0 Å². The fourth-order valence-electron chi connectivity index (χ4n) is 5.66. The van der Waals surface area contributed by atoms with Gasteiger partial charge in [0.05, 0.1) is 36.9 Å². The van der Waals surface area contributed by atoms with Crippen molar-refractivity contribution in [2.24, 2.45) is 12.1 Å². The number of nitrogens with one attached hydrogen (secondary N) is 1. The van der Waals surface area contributed by atoms with Crippen molar-refractivity contribution in [1.29, 1.82) is 0 Å². The Morgan fingerprint density at radius 3 is 2.50 bits per heavy atom. The topological polar surface area (TPSA) is 108 Å². The highest BCUT2D eigenvalue weighted by Crippen LogP contribution is 2.35.